The number of hydrogen-bond donors (Lipinski definition) is 10. The van der Waals surface area contributed by atoms with Crippen molar-refractivity contribution in [2.24, 2.45) is 29.6 Å². The number of carboxylic acid groups (broad SMARTS) is 1. The number of aliphatic hydroxyl groups is 7. The van der Waals surface area contributed by atoms with Crippen molar-refractivity contribution in [2.45, 2.75) is 152 Å². The van der Waals surface area contributed by atoms with Crippen LogP contribution in [0.3, 0.4) is 0 Å². The molecule has 1 aromatic rings. The van der Waals surface area contributed by atoms with Gasteiger partial charge in [-0.05, 0) is 82.1 Å². The Hall–Kier alpha value is 1.06. The monoisotopic (exact) mass is 1680 g/mol. The number of alkyl halides is 2. The molecule has 6 rings (SSSR count). The van der Waals surface area contributed by atoms with Gasteiger partial charge in [0.15, 0.2) is 0 Å². The van der Waals surface area contributed by atoms with Crippen LogP contribution in [-0.2, 0) is 25.7 Å². The van der Waals surface area contributed by atoms with Crippen LogP contribution in [0.2, 0.25) is 0 Å². The van der Waals surface area contributed by atoms with Gasteiger partial charge < -0.3 is 70.8 Å². The summed E-state index contributed by atoms with van der Waals surface area (Å²) >= 11 is 11.7. The Kier molecular flexibility index (Phi) is 55.0. The standard InChI is InChI=1S/C12H17NO2.C11H21NO3.C10H19NO4.2C6H13NO.C2H4O2.2CH3I.2CH4.3HI.V/c14-9-11-7-13(8-12(11)15)6-10-4-2-1-3-5-10;1-5-8-6-12(7-9(8)13)10(14)15-11(2,3)4;1-10(2,3)15-9(14)11-4-7(6-12)8(13)5-11;2*1-2-5-3-7-4-6(5)8;1-2(3)4;2*1-2;;;;;;/h1-5,11-12,14-15H,6-9H2;8-9,13H,5-7H2,1-4H3;7-8,12-13H,4-6H2,1-3H3;2*5-8H,2-4H2,1H3;1H3,(H,3,4);2*1H3;2*1H4;3*1H;/q;;;;;;;;;;;;;+3/p-2/t11-,12+;8-,9-;7-,8+;2*5-,6-;;;;;;;;;/m10100........./s1. The number of nitrogens with one attached hydrogen (secondary N) is 1. The Morgan fingerprint density at radius 1 is 0.613 bits per heavy atom. The number of likely N-dealkylation sites (tertiary alicyclic amines) is 3. The van der Waals surface area contributed by atoms with Gasteiger partial charge in [-0.2, -0.15) is 0 Å². The maximum absolute atomic E-state index is 11.7. The molecule has 448 valence electrons. The summed E-state index contributed by atoms with van der Waals surface area (Å²) in [6, 6.07) is 10.2. The average Bonchev–Trinajstić information content (AvgIpc) is 4.17. The summed E-state index contributed by atoms with van der Waals surface area (Å²) in [6.07, 6.45) is 0.811. The normalized spacial score (nSPS) is 25.3. The molecule has 0 bridgehead atoms. The fraction of sp³-hybridized carbons (Fsp3) is 0.824. The number of hydrogen-bond acceptors (Lipinski definition) is 14. The van der Waals surface area contributed by atoms with Crippen molar-refractivity contribution in [3.05, 3.63) is 35.9 Å². The second-order valence-electron chi connectivity index (χ2n) is 19.8. The van der Waals surface area contributed by atoms with Crippen molar-refractivity contribution in [1.82, 2.24) is 20.0 Å². The third kappa shape index (κ3) is 42.5. The molecular formula is C51H102I5N5O13V+. The van der Waals surface area contributed by atoms with Crippen molar-refractivity contribution < 1.29 is 74.9 Å². The maximum atomic E-state index is 11.7. The number of carbonyl (C=O) groups excluding carboxylic acids is 2. The molecule has 0 radical (unpaired) electrons. The fourth-order valence-corrected chi connectivity index (χ4v) is 7.74. The van der Waals surface area contributed by atoms with E-state index in [1.54, 1.807) is 25.7 Å². The number of quaternary nitrogens is 1. The van der Waals surface area contributed by atoms with Gasteiger partial charge in [-0.1, -0.05) is 111 Å². The second-order valence-corrected chi connectivity index (χ2v) is 55.2. The summed E-state index contributed by atoms with van der Waals surface area (Å²) in [4.78, 5) is 41.1. The van der Waals surface area contributed by atoms with E-state index in [0.717, 1.165) is 65.5 Å². The topological polar surface area (TPSA) is 270 Å². The molecule has 0 aliphatic carbocycles. The van der Waals surface area contributed by atoms with Crippen molar-refractivity contribution in [3.63, 3.8) is 0 Å². The number of ether oxygens (including phenoxy) is 2. The fourth-order valence-electron chi connectivity index (χ4n) is 7.74. The number of rotatable bonds is 7. The number of carbonyl (C=O) groups is 3. The number of halogens is 5. The van der Waals surface area contributed by atoms with Crippen LogP contribution in [-0.4, -0.2) is 204 Å². The Labute approximate surface area is 518 Å². The Morgan fingerprint density at radius 3 is 1.28 bits per heavy atom. The molecular weight excluding hydrogens is 1580 g/mol. The summed E-state index contributed by atoms with van der Waals surface area (Å²) in [5.41, 5.74) is 0.259. The van der Waals surface area contributed by atoms with Crippen molar-refractivity contribution >= 4 is 123 Å². The van der Waals surface area contributed by atoms with Crippen LogP contribution in [0.25, 0.3) is 0 Å². The van der Waals surface area contributed by atoms with Gasteiger partial charge in [-0.15, -0.1) is 0 Å². The van der Waals surface area contributed by atoms with Crippen molar-refractivity contribution in [2.75, 3.05) is 88.5 Å². The number of nitrogens with two attached hydrogens (primary N) is 1. The molecule has 11 N–H and O–H groups in total. The van der Waals surface area contributed by atoms with E-state index in [0.29, 0.717) is 38.0 Å². The van der Waals surface area contributed by atoms with E-state index in [1.807, 2.05) is 55.8 Å². The van der Waals surface area contributed by atoms with Crippen LogP contribution >= 0.6 is 105 Å². The van der Waals surface area contributed by atoms with Gasteiger partial charge in [0.1, 0.15) is 23.9 Å². The van der Waals surface area contributed by atoms with E-state index >= 15 is 0 Å². The number of aliphatic carboxylic acids is 1. The summed E-state index contributed by atoms with van der Waals surface area (Å²) in [6.45, 7) is 25.9. The number of β-amino-alcohol motifs (C(OH)–C–C–N with tert-alkyl or cyclic N) is 4. The number of benzene rings is 1. The third-order valence-corrected chi connectivity index (χ3v) is 11.6. The molecule has 5 aliphatic heterocycles. The molecule has 0 unspecified atom stereocenters. The second kappa shape index (κ2) is 48.6. The van der Waals surface area contributed by atoms with Crippen LogP contribution in [0.4, 0.5) is 9.59 Å². The molecule has 5 fully saturated rings. The molecule has 5 heterocycles. The minimum absolute atomic E-state index is 0. The number of carboxylic acids is 1. The number of nitrogens with zero attached hydrogens (tertiary/aromatic N) is 3. The zero-order valence-electron chi connectivity index (χ0n) is 45.3. The first kappa shape index (κ1) is 84.9. The molecule has 10 atom stereocenters. The van der Waals surface area contributed by atoms with Crippen LogP contribution in [0.1, 0.15) is 109 Å². The molecule has 75 heavy (non-hydrogen) atoms. The van der Waals surface area contributed by atoms with Gasteiger partial charge in [0.05, 0.1) is 50.7 Å². The molecule has 2 amide bonds. The molecule has 0 aromatic heterocycles. The summed E-state index contributed by atoms with van der Waals surface area (Å²) in [5, 5.41) is 77.8. The molecule has 1 aromatic carbocycles. The zero-order chi connectivity index (χ0) is 57.1. The SMILES string of the molecule is C.C.CC(=O)O.CC(C)(C)OC(=O)N1C[C@H](CO)[C@@H](O)C1.CC[C@H]1CN(C(=O)OC(C)(C)C)C[C@@H]1O.CC[C@H]1CNC[C@@H]1O.CC[C@H]1C[NH2+]C[C@@H]1O.CI.CI.OC[C@H]1CN(Cc2ccccc2)C[C@@H]1O.[I][V]([I])[I]. The predicted molar refractivity (Wildman–Crippen MR) is 343 cm³/mol. The average molecular weight is 1680 g/mol. The Balaban J connectivity index is -0.000000261. The molecule has 24 heteroatoms. The first-order chi connectivity index (χ1) is 34.1. The number of amides is 2. The minimum atomic E-state index is -0.833. The summed E-state index contributed by atoms with van der Waals surface area (Å²) in [7, 11) is 0. The van der Waals surface area contributed by atoms with E-state index in [-0.39, 0.29) is 81.7 Å². The van der Waals surface area contributed by atoms with E-state index in [1.165, 1.54) is 10.5 Å². The molecule has 0 saturated carbocycles. The Bertz CT molecular complexity index is 1470. The van der Waals surface area contributed by atoms with Gasteiger partial charge >= 0.3 is 77.0 Å². The molecule has 0 spiro atoms. The van der Waals surface area contributed by atoms with E-state index in [4.69, 9.17) is 39.8 Å². The predicted octanol–water partition coefficient (Wildman–Crippen LogP) is 7.35. The summed E-state index contributed by atoms with van der Waals surface area (Å²) < 4.78 is 10.4. The molecule has 5 aliphatic rings. The van der Waals surface area contributed by atoms with E-state index in [2.05, 4.69) is 147 Å². The van der Waals surface area contributed by atoms with Gasteiger partial charge in [0, 0.05) is 83.0 Å². The van der Waals surface area contributed by atoms with Gasteiger partial charge in [-0.3, -0.25) is 9.69 Å². The van der Waals surface area contributed by atoms with Crippen LogP contribution in [0.5, 0.6) is 0 Å². The van der Waals surface area contributed by atoms with Crippen LogP contribution in [0.15, 0.2) is 30.3 Å². The van der Waals surface area contributed by atoms with Crippen molar-refractivity contribution in [3.8, 4) is 0 Å². The first-order valence-electron chi connectivity index (χ1n) is 24.7. The number of aliphatic hydroxyl groups excluding tert-OH is 7. The van der Waals surface area contributed by atoms with E-state index < -0.39 is 35.5 Å². The first-order valence-corrected chi connectivity index (χ1v) is 42.5. The van der Waals surface area contributed by atoms with Gasteiger partial charge in [0.25, 0.3) is 5.97 Å². The van der Waals surface area contributed by atoms with Gasteiger partial charge in [-0.25, -0.2) is 9.59 Å². The quantitative estimate of drug-likeness (QED) is 0.0945. The summed E-state index contributed by atoms with van der Waals surface area (Å²) in [5.74, 6) is 0.203. The van der Waals surface area contributed by atoms with Crippen LogP contribution in [0, 0.1) is 29.6 Å². The zero-order valence-corrected chi connectivity index (χ0v) is 57.5. The molecule has 5 saturated heterocycles. The third-order valence-electron chi connectivity index (χ3n) is 11.6. The van der Waals surface area contributed by atoms with Crippen molar-refractivity contribution in [1.29, 1.82) is 0 Å². The van der Waals surface area contributed by atoms with E-state index in [9.17, 15) is 24.9 Å². The van der Waals surface area contributed by atoms with Crippen LogP contribution < -0.4 is 10.6 Å². The Morgan fingerprint density at radius 2 is 1.00 bits per heavy atom. The van der Waals surface area contributed by atoms with Gasteiger partial charge in [0.2, 0.25) is 0 Å². The molecule has 18 nitrogen and oxygen atoms in total.